The average molecular weight is 320 g/mol. The molecule has 1 aromatic heterocycles. The second-order valence-electron chi connectivity index (χ2n) is 6.21. The molecule has 0 unspecified atom stereocenters. The number of amides is 1. The molecule has 3 rings (SSSR count). The highest BCUT2D eigenvalue weighted by atomic mass is 16.2. The molecule has 3 aromatic rings. The predicted octanol–water partition coefficient (Wildman–Crippen LogP) is 4.14. The van der Waals surface area contributed by atoms with Crippen LogP contribution in [-0.2, 0) is 0 Å². The summed E-state index contributed by atoms with van der Waals surface area (Å²) in [6.07, 6.45) is 0. The van der Waals surface area contributed by atoms with E-state index in [1.165, 1.54) is 0 Å². The normalized spacial score (nSPS) is 11.0. The zero-order chi connectivity index (χ0) is 17.3. The molecular formula is C20H20N2O2. The fraction of sp³-hybridized carbons (Fsp3) is 0.200. The van der Waals surface area contributed by atoms with Crippen LogP contribution in [0.5, 0.6) is 0 Å². The number of nitrogens with one attached hydrogen (secondary N) is 1. The molecule has 0 saturated carbocycles. The number of nitrogens with zero attached hydrogens (tertiary/aromatic N) is 1. The highest BCUT2D eigenvalue weighted by Crippen LogP contribution is 2.17. The van der Waals surface area contributed by atoms with Gasteiger partial charge in [0.05, 0.1) is 0 Å². The van der Waals surface area contributed by atoms with Gasteiger partial charge in [0.2, 0.25) is 0 Å². The minimum absolute atomic E-state index is 0.110. The van der Waals surface area contributed by atoms with E-state index in [-0.39, 0.29) is 17.5 Å². The molecule has 122 valence electrons. The van der Waals surface area contributed by atoms with Gasteiger partial charge in [0.1, 0.15) is 5.69 Å². The number of rotatable bonds is 3. The largest absolute Gasteiger partial charge is 0.321 e. The van der Waals surface area contributed by atoms with E-state index in [2.05, 4.69) is 5.32 Å². The Hall–Kier alpha value is -2.88. The van der Waals surface area contributed by atoms with E-state index in [0.717, 1.165) is 10.9 Å². The van der Waals surface area contributed by atoms with Gasteiger partial charge in [-0.15, -0.1) is 0 Å². The molecule has 1 N–H and O–H groups in total. The summed E-state index contributed by atoms with van der Waals surface area (Å²) in [5.74, 6) is -0.282. The summed E-state index contributed by atoms with van der Waals surface area (Å²) in [7, 11) is 0. The Balaban J connectivity index is 2.10. The summed E-state index contributed by atoms with van der Waals surface area (Å²) in [4.78, 5) is 25.5. The van der Waals surface area contributed by atoms with E-state index in [9.17, 15) is 9.59 Å². The van der Waals surface area contributed by atoms with Crippen LogP contribution in [0.1, 0.15) is 35.9 Å². The maximum Gasteiger partial charge on any atom is 0.272 e. The number of hydrogen-bond acceptors (Lipinski definition) is 2. The van der Waals surface area contributed by atoms with Crippen molar-refractivity contribution in [3.8, 4) is 0 Å². The van der Waals surface area contributed by atoms with Gasteiger partial charge in [-0.3, -0.25) is 9.59 Å². The van der Waals surface area contributed by atoms with Gasteiger partial charge < -0.3 is 9.88 Å². The standard InChI is InChI=1S/C20H20N2O2/c1-13(2)22-18(12-15-6-4-5-7-17(15)20(22)24)19(23)21-16-10-8-14(3)9-11-16/h4-13H,1-3H3,(H,21,23). The average Bonchev–Trinajstić information content (AvgIpc) is 2.56. The van der Waals surface area contributed by atoms with E-state index in [1.54, 1.807) is 16.7 Å². The molecule has 1 heterocycles. The Kier molecular flexibility index (Phi) is 4.21. The van der Waals surface area contributed by atoms with Gasteiger partial charge in [0.25, 0.3) is 11.5 Å². The zero-order valence-electron chi connectivity index (χ0n) is 14.0. The smallest absolute Gasteiger partial charge is 0.272 e. The van der Waals surface area contributed by atoms with Crippen LogP contribution in [0, 0.1) is 6.92 Å². The van der Waals surface area contributed by atoms with Crippen molar-refractivity contribution in [3.05, 3.63) is 76.2 Å². The van der Waals surface area contributed by atoms with Crippen molar-refractivity contribution in [3.63, 3.8) is 0 Å². The van der Waals surface area contributed by atoms with Crippen molar-refractivity contribution in [1.29, 1.82) is 0 Å². The molecule has 4 nitrogen and oxygen atoms in total. The fourth-order valence-corrected chi connectivity index (χ4v) is 2.79. The molecule has 2 aromatic carbocycles. The molecule has 0 aliphatic heterocycles. The molecule has 0 radical (unpaired) electrons. The Labute approximate surface area is 140 Å². The van der Waals surface area contributed by atoms with Crippen LogP contribution >= 0.6 is 0 Å². The number of carbonyl (C=O) groups excluding carboxylic acids is 1. The number of benzene rings is 2. The predicted molar refractivity (Wildman–Crippen MR) is 97.7 cm³/mol. The van der Waals surface area contributed by atoms with Crippen LogP contribution < -0.4 is 10.9 Å². The number of anilines is 1. The summed E-state index contributed by atoms with van der Waals surface area (Å²) >= 11 is 0. The van der Waals surface area contributed by atoms with E-state index >= 15 is 0 Å². The number of hydrogen-bond donors (Lipinski definition) is 1. The number of aryl methyl sites for hydroxylation is 1. The lowest BCUT2D eigenvalue weighted by Gasteiger charge is -2.17. The second-order valence-corrected chi connectivity index (χ2v) is 6.21. The van der Waals surface area contributed by atoms with E-state index in [1.807, 2.05) is 63.2 Å². The van der Waals surface area contributed by atoms with Gasteiger partial charge >= 0.3 is 0 Å². The zero-order valence-corrected chi connectivity index (χ0v) is 14.0. The van der Waals surface area contributed by atoms with Crippen LogP contribution in [0.2, 0.25) is 0 Å². The van der Waals surface area contributed by atoms with Crippen molar-refractivity contribution in [2.24, 2.45) is 0 Å². The third kappa shape index (κ3) is 2.95. The van der Waals surface area contributed by atoms with Crippen LogP contribution in [0.3, 0.4) is 0 Å². The molecular weight excluding hydrogens is 300 g/mol. The first-order chi connectivity index (χ1) is 11.5. The van der Waals surface area contributed by atoms with Gasteiger partial charge in [-0.2, -0.15) is 0 Å². The molecule has 0 spiro atoms. The summed E-state index contributed by atoms with van der Waals surface area (Å²) in [6, 6.07) is 16.6. The van der Waals surface area contributed by atoms with E-state index < -0.39 is 0 Å². The molecule has 0 atom stereocenters. The molecule has 0 saturated heterocycles. The molecule has 4 heteroatoms. The molecule has 0 bridgehead atoms. The van der Waals surface area contributed by atoms with Gasteiger partial charge in [-0.1, -0.05) is 35.9 Å². The van der Waals surface area contributed by atoms with Crippen LogP contribution in [0.25, 0.3) is 10.8 Å². The number of aromatic nitrogens is 1. The lowest BCUT2D eigenvalue weighted by Crippen LogP contribution is -2.30. The van der Waals surface area contributed by atoms with Gasteiger partial charge in [-0.05, 0) is 50.4 Å². The molecule has 0 aliphatic rings. The summed E-state index contributed by atoms with van der Waals surface area (Å²) in [5, 5.41) is 4.27. The SMILES string of the molecule is Cc1ccc(NC(=O)c2cc3ccccc3c(=O)n2C(C)C)cc1. The maximum atomic E-state index is 12.8. The van der Waals surface area contributed by atoms with Crippen molar-refractivity contribution >= 4 is 22.4 Å². The molecule has 0 aliphatic carbocycles. The van der Waals surface area contributed by atoms with Crippen molar-refractivity contribution in [2.75, 3.05) is 5.32 Å². The van der Waals surface area contributed by atoms with Crippen LogP contribution in [0.15, 0.2) is 59.4 Å². The van der Waals surface area contributed by atoms with Crippen molar-refractivity contribution < 1.29 is 4.79 Å². The topological polar surface area (TPSA) is 51.1 Å². The minimum Gasteiger partial charge on any atom is -0.321 e. The molecule has 24 heavy (non-hydrogen) atoms. The van der Waals surface area contributed by atoms with E-state index in [4.69, 9.17) is 0 Å². The molecule has 0 fully saturated rings. The van der Waals surface area contributed by atoms with Crippen LogP contribution in [-0.4, -0.2) is 10.5 Å². The Morgan fingerprint density at radius 2 is 1.71 bits per heavy atom. The first-order valence-corrected chi connectivity index (χ1v) is 7.99. The lowest BCUT2D eigenvalue weighted by molar-refractivity contribution is 0.101. The lowest BCUT2D eigenvalue weighted by atomic mass is 10.1. The van der Waals surface area contributed by atoms with Gasteiger partial charge in [-0.25, -0.2) is 0 Å². The third-order valence-corrected chi connectivity index (χ3v) is 4.02. The van der Waals surface area contributed by atoms with Crippen molar-refractivity contribution in [1.82, 2.24) is 4.57 Å². The first-order valence-electron chi connectivity index (χ1n) is 7.99. The minimum atomic E-state index is -0.282. The van der Waals surface area contributed by atoms with E-state index in [0.29, 0.717) is 16.8 Å². The van der Waals surface area contributed by atoms with Crippen molar-refractivity contribution in [2.45, 2.75) is 26.8 Å². The Morgan fingerprint density at radius 3 is 2.38 bits per heavy atom. The number of pyridine rings is 1. The summed E-state index contributed by atoms with van der Waals surface area (Å²) < 4.78 is 1.55. The number of carbonyl (C=O) groups is 1. The monoisotopic (exact) mass is 320 g/mol. The maximum absolute atomic E-state index is 12.8. The summed E-state index contributed by atoms with van der Waals surface area (Å²) in [5.41, 5.74) is 2.06. The van der Waals surface area contributed by atoms with Gasteiger partial charge in [0, 0.05) is 17.1 Å². The third-order valence-electron chi connectivity index (χ3n) is 4.02. The quantitative estimate of drug-likeness (QED) is 0.788. The summed E-state index contributed by atoms with van der Waals surface area (Å²) in [6.45, 7) is 5.79. The Morgan fingerprint density at radius 1 is 1.04 bits per heavy atom. The highest BCUT2D eigenvalue weighted by molar-refractivity contribution is 6.05. The first kappa shape index (κ1) is 16.0. The second kappa shape index (κ2) is 6.32. The van der Waals surface area contributed by atoms with Gasteiger partial charge in [0.15, 0.2) is 0 Å². The Bertz CT molecular complexity index is 954. The highest BCUT2D eigenvalue weighted by Gasteiger charge is 2.17. The fourth-order valence-electron chi connectivity index (χ4n) is 2.79. The number of fused-ring (bicyclic) bond motifs is 1. The molecule has 1 amide bonds. The van der Waals surface area contributed by atoms with Crippen LogP contribution in [0.4, 0.5) is 5.69 Å².